The Bertz CT molecular complexity index is 424. The third kappa shape index (κ3) is 3.23. The number of hydrogen-bond donors (Lipinski definition) is 1. The maximum Gasteiger partial charge on any atom is 0.0492 e. The third-order valence-corrected chi connectivity index (χ3v) is 4.95. The topological polar surface area (TPSA) is 33.1 Å². The number of rotatable bonds is 6. The van der Waals surface area contributed by atoms with Crippen molar-refractivity contribution in [2.45, 2.75) is 51.1 Å². The molecule has 20 heavy (non-hydrogen) atoms. The second-order valence-electron chi connectivity index (χ2n) is 6.49. The Morgan fingerprint density at radius 1 is 1.40 bits per heavy atom. The summed E-state index contributed by atoms with van der Waals surface area (Å²) >= 11 is 0. The fourth-order valence-corrected chi connectivity index (χ4v) is 3.49. The number of piperazine rings is 1. The molecule has 2 unspecified atom stereocenters. The highest BCUT2D eigenvalue weighted by atomic mass is 15.3. The molecule has 112 valence electrons. The van der Waals surface area contributed by atoms with Crippen LogP contribution in [0.3, 0.4) is 0 Å². The van der Waals surface area contributed by atoms with Crippen LogP contribution in [-0.2, 0) is 13.5 Å². The van der Waals surface area contributed by atoms with Crippen molar-refractivity contribution in [3.8, 4) is 0 Å². The van der Waals surface area contributed by atoms with Gasteiger partial charge in [0.05, 0.1) is 0 Å². The molecule has 1 N–H and O–H groups in total. The summed E-state index contributed by atoms with van der Waals surface area (Å²) in [6, 6.07) is 3.62. The van der Waals surface area contributed by atoms with Crippen molar-refractivity contribution in [3.63, 3.8) is 0 Å². The summed E-state index contributed by atoms with van der Waals surface area (Å²) in [6.45, 7) is 5.90. The molecule has 2 atom stereocenters. The molecule has 1 saturated carbocycles. The van der Waals surface area contributed by atoms with Crippen molar-refractivity contribution in [1.29, 1.82) is 0 Å². The Hall–Kier alpha value is -0.870. The number of hydrogen-bond acceptors (Lipinski definition) is 3. The average Bonchev–Trinajstić information content (AvgIpc) is 3.22. The molecule has 2 heterocycles. The van der Waals surface area contributed by atoms with E-state index in [0.29, 0.717) is 0 Å². The van der Waals surface area contributed by atoms with E-state index in [-0.39, 0.29) is 0 Å². The van der Waals surface area contributed by atoms with E-state index < -0.39 is 0 Å². The molecule has 1 aliphatic carbocycles. The van der Waals surface area contributed by atoms with Crippen LogP contribution in [0.25, 0.3) is 0 Å². The quantitative estimate of drug-likeness (QED) is 0.860. The predicted molar refractivity (Wildman–Crippen MR) is 81.7 cm³/mol. The van der Waals surface area contributed by atoms with Gasteiger partial charge in [0.15, 0.2) is 0 Å². The molecule has 0 amide bonds. The maximum atomic E-state index is 4.27. The second-order valence-corrected chi connectivity index (χ2v) is 6.49. The molecule has 1 saturated heterocycles. The molecule has 0 spiro atoms. The lowest BCUT2D eigenvalue weighted by atomic mass is 10.0. The van der Waals surface area contributed by atoms with Crippen LogP contribution in [0.5, 0.6) is 0 Å². The van der Waals surface area contributed by atoms with Gasteiger partial charge in [-0.2, -0.15) is 5.10 Å². The molecular weight excluding hydrogens is 248 g/mol. The van der Waals surface area contributed by atoms with E-state index in [4.69, 9.17) is 0 Å². The van der Waals surface area contributed by atoms with Gasteiger partial charge in [-0.1, -0.05) is 13.3 Å². The van der Waals surface area contributed by atoms with Gasteiger partial charge in [-0.25, -0.2) is 0 Å². The molecule has 2 aliphatic rings. The largest absolute Gasteiger partial charge is 0.311 e. The first-order valence-corrected chi connectivity index (χ1v) is 8.22. The summed E-state index contributed by atoms with van der Waals surface area (Å²) in [7, 11) is 2.05. The molecule has 0 aromatic carbocycles. The first kappa shape index (κ1) is 14.1. The van der Waals surface area contributed by atoms with Gasteiger partial charge >= 0.3 is 0 Å². The zero-order valence-corrected chi connectivity index (χ0v) is 12.9. The number of nitrogens with zero attached hydrogens (tertiary/aromatic N) is 3. The zero-order valence-electron chi connectivity index (χ0n) is 12.9. The van der Waals surface area contributed by atoms with Crippen LogP contribution in [0, 0.1) is 5.92 Å². The molecular formula is C16H28N4. The Labute approximate surface area is 122 Å². The van der Waals surface area contributed by atoms with E-state index in [2.05, 4.69) is 28.3 Å². The summed E-state index contributed by atoms with van der Waals surface area (Å²) in [5, 5.41) is 8.07. The second kappa shape index (κ2) is 6.27. The zero-order chi connectivity index (χ0) is 13.9. The first-order chi connectivity index (χ1) is 9.78. The molecule has 1 aromatic heterocycles. The van der Waals surface area contributed by atoms with Gasteiger partial charge in [0.25, 0.3) is 0 Å². The van der Waals surface area contributed by atoms with E-state index in [1.807, 2.05) is 17.9 Å². The van der Waals surface area contributed by atoms with Crippen LogP contribution in [0.15, 0.2) is 12.3 Å². The van der Waals surface area contributed by atoms with Crippen LogP contribution in [0.1, 0.15) is 38.3 Å². The van der Waals surface area contributed by atoms with E-state index >= 15 is 0 Å². The Morgan fingerprint density at radius 3 is 2.90 bits per heavy atom. The van der Waals surface area contributed by atoms with Crippen molar-refractivity contribution in [1.82, 2.24) is 20.0 Å². The van der Waals surface area contributed by atoms with Crippen molar-refractivity contribution < 1.29 is 0 Å². The lowest BCUT2D eigenvalue weighted by Gasteiger charge is -2.40. The molecule has 4 nitrogen and oxygen atoms in total. The Morgan fingerprint density at radius 2 is 2.25 bits per heavy atom. The van der Waals surface area contributed by atoms with Gasteiger partial charge in [-0.05, 0) is 31.2 Å². The van der Waals surface area contributed by atoms with Crippen LogP contribution < -0.4 is 5.32 Å². The average molecular weight is 276 g/mol. The molecule has 1 aromatic rings. The highest BCUT2D eigenvalue weighted by Gasteiger charge is 2.36. The summed E-state index contributed by atoms with van der Waals surface area (Å²) in [5.74, 6) is 0.955. The van der Waals surface area contributed by atoms with Crippen LogP contribution >= 0.6 is 0 Å². The van der Waals surface area contributed by atoms with Gasteiger partial charge in [0.1, 0.15) is 0 Å². The van der Waals surface area contributed by atoms with E-state index in [1.54, 1.807) is 0 Å². The predicted octanol–water partition coefficient (Wildman–Crippen LogP) is 1.82. The number of aryl methyl sites for hydroxylation is 1. The van der Waals surface area contributed by atoms with Crippen molar-refractivity contribution in [3.05, 3.63) is 18.0 Å². The number of nitrogens with one attached hydrogen (secondary N) is 1. The monoisotopic (exact) mass is 276 g/mol. The lowest BCUT2D eigenvalue weighted by Crippen LogP contribution is -2.57. The van der Waals surface area contributed by atoms with E-state index in [1.165, 1.54) is 51.0 Å². The fourth-order valence-electron chi connectivity index (χ4n) is 3.49. The van der Waals surface area contributed by atoms with Crippen LogP contribution in [0.4, 0.5) is 0 Å². The fraction of sp³-hybridized carbons (Fsp3) is 0.812. The molecule has 4 heteroatoms. The maximum absolute atomic E-state index is 4.27. The summed E-state index contributed by atoms with van der Waals surface area (Å²) in [5.41, 5.74) is 1.35. The minimum Gasteiger partial charge on any atom is -0.311 e. The molecule has 3 rings (SSSR count). The SMILES string of the molecule is CCCC1CNC(C2CC2)CN1CCc1ccnn1C. The minimum atomic E-state index is 0.725. The molecule has 0 bridgehead atoms. The normalized spacial score (nSPS) is 27.9. The van der Waals surface area contributed by atoms with Gasteiger partial charge in [0.2, 0.25) is 0 Å². The van der Waals surface area contributed by atoms with Crippen molar-refractivity contribution in [2.75, 3.05) is 19.6 Å². The molecule has 2 fully saturated rings. The van der Waals surface area contributed by atoms with Gasteiger partial charge < -0.3 is 5.32 Å². The van der Waals surface area contributed by atoms with Gasteiger partial charge in [-0.3, -0.25) is 9.58 Å². The molecule has 0 radical (unpaired) electrons. The van der Waals surface area contributed by atoms with Crippen molar-refractivity contribution in [2.24, 2.45) is 13.0 Å². The highest BCUT2D eigenvalue weighted by Crippen LogP contribution is 2.34. The third-order valence-electron chi connectivity index (χ3n) is 4.95. The van der Waals surface area contributed by atoms with Gasteiger partial charge in [-0.15, -0.1) is 0 Å². The van der Waals surface area contributed by atoms with Crippen LogP contribution in [0.2, 0.25) is 0 Å². The van der Waals surface area contributed by atoms with Crippen LogP contribution in [-0.4, -0.2) is 46.4 Å². The summed E-state index contributed by atoms with van der Waals surface area (Å²) in [4.78, 5) is 2.73. The Kier molecular flexibility index (Phi) is 4.41. The standard InChI is InChI=1S/C16H28N4/c1-3-4-15-11-17-16(13-5-6-13)12-20(15)10-8-14-7-9-18-19(14)2/h7,9,13,15-17H,3-6,8,10-12H2,1-2H3. The first-order valence-electron chi connectivity index (χ1n) is 8.22. The summed E-state index contributed by atoms with van der Waals surface area (Å²) < 4.78 is 2.01. The Balaban J connectivity index is 1.58. The number of aromatic nitrogens is 2. The summed E-state index contributed by atoms with van der Waals surface area (Å²) in [6.07, 6.45) is 8.49. The smallest absolute Gasteiger partial charge is 0.0492 e. The van der Waals surface area contributed by atoms with Crippen molar-refractivity contribution >= 4 is 0 Å². The van der Waals surface area contributed by atoms with E-state index in [0.717, 1.165) is 24.4 Å². The minimum absolute atomic E-state index is 0.725. The van der Waals surface area contributed by atoms with Gasteiger partial charge in [0, 0.05) is 57.1 Å². The molecule has 1 aliphatic heterocycles. The van der Waals surface area contributed by atoms with E-state index in [9.17, 15) is 0 Å². The lowest BCUT2D eigenvalue weighted by molar-refractivity contribution is 0.116. The highest BCUT2D eigenvalue weighted by molar-refractivity contribution is 5.01.